The highest BCUT2D eigenvalue weighted by atomic mass is 32.2. The molecular weight excluding hydrogens is 262 g/mol. The fraction of sp³-hybridized carbons (Fsp3) is 1.00. The minimum absolute atomic E-state index is 0.251. The maximum absolute atomic E-state index is 11.5. The Balaban J connectivity index is 4.05. The van der Waals surface area contributed by atoms with Gasteiger partial charge in [0.1, 0.15) is 9.84 Å². The van der Waals surface area contributed by atoms with Gasteiger partial charge in [0.2, 0.25) is 0 Å². The van der Waals surface area contributed by atoms with E-state index in [9.17, 15) is 8.42 Å². The highest BCUT2D eigenvalue weighted by Crippen LogP contribution is 2.10. The molecule has 0 aromatic rings. The summed E-state index contributed by atoms with van der Waals surface area (Å²) in [6.07, 6.45) is 5.10. The van der Waals surface area contributed by atoms with Crippen LogP contribution in [0.15, 0.2) is 0 Å². The van der Waals surface area contributed by atoms with E-state index in [0.29, 0.717) is 11.8 Å². The maximum Gasteiger partial charge on any atom is 0.150 e. The molecule has 0 radical (unpaired) electrons. The van der Waals surface area contributed by atoms with Gasteiger partial charge in [0.15, 0.2) is 0 Å². The quantitative estimate of drug-likeness (QED) is 0.600. The molecule has 0 amide bonds. The zero-order valence-electron chi connectivity index (χ0n) is 12.9. The van der Waals surface area contributed by atoms with Gasteiger partial charge in [-0.2, -0.15) is 0 Å². The Morgan fingerprint density at radius 3 is 2.37 bits per heavy atom. The Labute approximate surface area is 119 Å². The molecule has 0 aliphatic carbocycles. The first-order valence-corrected chi connectivity index (χ1v) is 9.23. The van der Waals surface area contributed by atoms with Crippen LogP contribution < -0.4 is 5.32 Å². The van der Waals surface area contributed by atoms with Gasteiger partial charge in [-0.3, -0.25) is 0 Å². The summed E-state index contributed by atoms with van der Waals surface area (Å²) in [5.74, 6) is 0.564. The molecule has 1 N–H and O–H groups in total. The van der Waals surface area contributed by atoms with Crippen molar-refractivity contribution >= 4 is 9.84 Å². The second-order valence-corrected chi connectivity index (χ2v) is 7.63. The molecule has 5 heteroatoms. The molecule has 0 fully saturated rings. The average molecular weight is 293 g/mol. The lowest BCUT2D eigenvalue weighted by Crippen LogP contribution is -2.31. The van der Waals surface area contributed by atoms with Crippen LogP contribution in [0.5, 0.6) is 0 Å². The lowest BCUT2D eigenvalue weighted by molar-refractivity contribution is 0.105. The van der Waals surface area contributed by atoms with Gasteiger partial charge in [-0.05, 0) is 45.6 Å². The van der Waals surface area contributed by atoms with Crippen molar-refractivity contribution in [3.8, 4) is 0 Å². The monoisotopic (exact) mass is 293 g/mol. The smallest absolute Gasteiger partial charge is 0.150 e. The van der Waals surface area contributed by atoms with E-state index >= 15 is 0 Å². The lowest BCUT2D eigenvalue weighted by atomic mass is 10.0. The highest BCUT2D eigenvalue weighted by Gasteiger charge is 2.13. The normalized spacial score (nSPS) is 15.4. The van der Waals surface area contributed by atoms with E-state index in [1.54, 1.807) is 14.0 Å². The average Bonchev–Trinajstić information content (AvgIpc) is 2.40. The van der Waals surface area contributed by atoms with Crippen LogP contribution >= 0.6 is 0 Å². The van der Waals surface area contributed by atoms with Gasteiger partial charge < -0.3 is 10.1 Å². The number of rotatable bonds is 12. The van der Waals surface area contributed by atoms with Crippen molar-refractivity contribution in [1.82, 2.24) is 5.32 Å². The minimum Gasteiger partial charge on any atom is -0.382 e. The molecule has 0 aliphatic rings. The summed E-state index contributed by atoms with van der Waals surface area (Å²) in [6.45, 7) is 6.91. The van der Waals surface area contributed by atoms with Crippen molar-refractivity contribution in [2.45, 2.75) is 65.0 Å². The summed E-state index contributed by atoms with van der Waals surface area (Å²) >= 11 is 0. The van der Waals surface area contributed by atoms with Crippen molar-refractivity contribution < 1.29 is 13.2 Å². The molecule has 19 heavy (non-hydrogen) atoms. The lowest BCUT2D eigenvalue weighted by Gasteiger charge is -2.20. The molecule has 116 valence electrons. The van der Waals surface area contributed by atoms with Gasteiger partial charge in [-0.1, -0.05) is 13.8 Å². The van der Waals surface area contributed by atoms with E-state index in [2.05, 4.69) is 19.2 Å². The summed E-state index contributed by atoms with van der Waals surface area (Å²) < 4.78 is 28.2. The Hall–Kier alpha value is -0.130. The summed E-state index contributed by atoms with van der Waals surface area (Å²) in [5, 5.41) is 3.50. The maximum atomic E-state index is 11.5. The highest BCUT2D eigenvalue weighted by molar-refractivity contribution is 7.91. The van der Waals surface area contributed by atoms with Crippen molar-refractivity contribution in [2.24, 2.45) is 0 Å². The van der Waals surface area contributed by atoms with Gasteiger partial charge in [-0.25, -0.2) is 8.42 Å². The van der Waals surface area contributed by atoms with Crippen molar-refractivity contribution in [3.63, 3.8) is 0 Å². The van der Waals surface area contributed by atoms with E-state index in [4.69, 9.17) is 4.74 Å². The minimum atomic E-state index is -2.82. The Kier molecular flexibility index (Phi) is 10.6. The summed E-state index contributed by atoms with van der Waals surface area (Å²) in [5.41, 5.74) is 0. The fourth-order valence-corrected chi connectivity index (χ4v) is 2.84. The van der Waals surface area contributed by atoms with Crippen molar-refractivity contribution in [1.29, 1.82) is 0 Å². The molecule has 0 bridgehead atoms. The topological polar surface area (TPSA) is 55.4 Å². The van der Waals surface area contributed by atoms with Crippen LogP contribution in [0.25, 0.3) is 0 Å². The fourth-order valence-electron chi connectivity index (χ4n) is 1.94. The predicted molar refractivity (Wildman–Crippen MR) is 81.3 cm³/mol. The number of sulfone groups is 1. The molecule has 2 unspecified atom stereocenters. The van der Waals surface area contributed by atoms with Crippen LogP contribution in [-0.2, 0) is 14.6 Å². The molecule has 0 spiro atoms. The van der Waals surface area contributed by atoms with E-state index < -0.39 is 9.84 Å². The molecular formula is C14H31NO3S. The van der Waals surface area contributed by atoms with Gasteiger partial charge in [0.05, 0.1) is 11.9 Å². The first kappa shape index (κ1) is 18.9. The molecule has 0 saturated carbocycles. The predicted octanol–water partition coefficient (Wildman–Crippen LogP) is 2.38. The van der Waals surface area contributed by atoms with Crippen molar-refractivity contribution in [2.75, 3.05) is 25.2 Å². The summed E-state index contributed by atoms with van der Waals surface area (Å²) in [4.78, 5) is 0. The van der Waals surface area contributed by atoms with Crippen LogP contribution in [0.2, 0.25) is 0 Å². The van der Waals surface area contributed by atoms with Crippen LogP contribution in [-0.4, -0.2) is 45.7 Å². The third kappa shape index (κ3) is 10.3. The van der Waals surface area contributed by atoms with E-state index in [1.807, 2.05) is 0 Å². The van der Waals surface area contributed by atoms with Gasteiger partial charge in [0, 0.05) is 18.9 Å². The summed E-state index contributed by atoms with van der Waals surface area (Å²) in [6, 6.07) is 0.407. The molecule has 0 aromatic heterocycles. The largest absolute Gasteiger partial charge is 0.382 e. The number of nitrogens with one attached hydrogen (secondary N) is 1. The first-order chi connectivity index (χ1) is 8.95. The number of hydrogen-bond acceptors (Lipinski definition) is 4. The molecule has 0 rings (SSSR count). The van der Waals surface area contributed by atoms with Crippen LogP contribution in [0, 0.1) is 0 Å². The zero-order valence-corrected chi connectivity index (χ0v) is 13.8. The Morgan fingerprint density at radius 2 is 1.84 bits per heavy atom. The molecule has 0 heterocycles. The van der Waals surface area contributed by atoms with E-state index in [0.717, 1.165) is 38.6 Å². The van der Waals surface area contributed by atoms with E-state index in [-0.39, 0.29) is 11.9 Å². The molecule has 2 atom stereocenters. The van der Waals surface area contributed by atoms with Gasteiger partial charge in [-0.15, -0.1) is 0 Å². The van der Waals surface area contributed by atoms with E-state index in [1.165, 1.54) is 0 Å². The zero-order chi connectivity index (χ0) is 14.7. The Morgan fingerprint density at radius 1 is 1.16 bits per heavy atom. The molecule has 4 nitrogen and oxygen atoms in total. The number of ether oxygens (including phenoxy) is 1. The molecule has 0 aromatic carbocycles. The first-order valence-electron chi connectivity index (χ1n) is 7.41. The SMILES string of the molecule is CCCNC(CCCS(=O)(=O)CC)CCC(C)OC. The second-order valence-electron chi connectivity index (χ2n) is 5.15. The summed E-state index contributed by atoms with van der Waals surface area (Å²) in [7, 11) is -1.09. The molecule has 0 aliphatic heterocycles. The van der Waals surface area contributed by atoms with Crippen LogP contribution in [0.4, 0.5) is 0 Å². The second kappa shape index (κ2) is 10.6. The standard InChI is InChI=1S/C14H31NO3S/c1-5-11-15-14(10-9-13(3)18-4)8-7-12-19(16,17)6-2/h13-15H,5-12H2,1-4H3. The number of methoxy groups -OCH3 is 1. The van der Waals surface area contributed by atoms with Crippen LogP contribution in [0.1, 0.15) is 52.9 Å². The third-order valence-electron chi connectivity index (χ3n) is 3.45. The molecule has 0 saturated heterocycles. The Bertz CT molecular complexity index is 304. The van der Waals surface area contributed by atoms with Crippen LogP contribution in [0.3, 0.4) is 0 Å². The van der Waals surface area contributed by atoms with Crippen molar-refractivity contribution in [3.05, 3.63) is 0 Å². The van der Waals surface area contributed by atoms with Gasteiger partial charge >= 0.3 is 0 Å². The number of hydrogen-bond donors (Lipinski definition) is 1. The van der Waals surface area contributed by atoms with Gasteiger partial charge in [0.25, 0.3) is 0 Å². The third-order valence-corrected chi connectivity index (χ3v) is 5.25.